The smallest absolute Gasteiger partial charge is 0.287 e. The van der Waals surface area contributed by atoms with Crippen molar-refractivity contribution in [2.75, 3.05) is 18.5 Å². The van der Waals surface area contributed by atoms with Crippen LogP contribution in [0, 0.1) is 5.82 Å². The van der Waals surface area contributed by atoms with E-state index in [2.05, 4.69) is 15.4 Å². The van der Waals surface area contributed by atoms with Crippen LogP contribution in [0.1, 0.15) is 34.8 Å². The minimum Gasteiger partial charge on any atom is -0.381 e. The maximum absolute atomic E-state index is 13.4. The minimum atomic E-state index is -3.50. The average Bonchev–Trinajstić information content (AvgIpc) is 3.29. The number of ether oxygens (including phenoxy) is 1. The Morgan fingerprint density at radius 2 is 1.94 bits per heavy atom. The van der Waals surface area contributed by atoms with Crippen molar-refractivity contribution in [3.63, 3.8) is 0 Å². The predicted molar refractivity (Wildman–Crippen MR) is 113 cm³/mol. The molecule has 4 rings (SSSR count). The van der Waals surface area contributed by atoms with E-state index in [-0.39, 0.29) is 17.4 Å². The van der Waals surface area contributed by atoms with Crippen LogP contribution in [0.5, 0.6) is 0 Å². The molecule has 2 amide bonds. The molecule has 0 aromatic carbocycles. The van der Waals surface area contributed by atoms with Gasteiger partial charge in [0.1, 0.15) is 29.4 Å². The summed E-state index contributed by atoms with van der Waals surface area (Å²) in [6, 6.07) is 3.91. The molecule has 1 aliphatic rings. The predicted octanol–water partition coefficient (Wildman–Crippen LogP) is 1.85. The molecule has 35 heavy (non-hydrogen) atoms. The number of amides is 2. The molecule has 186 valence electrons. The molecule has 1 unspecified atom stereocenters. The van der Waals surface area contributed by atoms with Crippen molar-refractivity contribution in [1.29, 1.82) is 0 Å². The summed E-state index contributed by atoms with van der Waals surface area (Å²) in [5, 5.41) is 8.14. The largest absolute Gasteiger partial charge is 0.381 e. The van der Waals surface area contributed by atoms with E-state index in [9.17, 15) is 31.9 Å². The van der Waals surface area contributed by atoms with Crippen LogP contribution in [0.3, 0.4) is 0 Å². The highest BCUT2D eigenvalue weighted by Gasteiger charge is 2.26. The Kier molecular flexibility index (Phi) is 7.10. The first kappa shape index (κ1) is 24.3. The van der Waals surface area contributed by atoms with E-state index < -0.39 is 48.0 Å². The Morgan fingerprint density at radius 1 is 1.20 bits per heavy atom. The molecule has 1 fully saturated rings. The summed E-state index contributed by atoms with van der Waals surface area (Å²) in [6.07, 6.45) is -3.33. The number of nitrogens with one attached hydrogen (secondary N) is 2. The second-order valence-electron chi connectivity index (χ2n) is 7.82. The third-order valence-corrected chi connectivity index (χ3v) is 5.39. The standard InChI is InChI=1S/C21H20F4N6O4/c22-12-1-2-15(26-8-12)27-16(32)10-30-9-13(20(33)28-19(25)18(23)24)21(34)31-17(30)7-14(29-31)11-3-5-35-6-4-11/h1-2,7-9,11,18-19H,3-6,10H2,(H,28,33)(H,26,27,32). The minimum absolute atomic E-state index is 0.0416. The Hall–Kier alpha value is -3.81. The molecule has 10 nitrogen and oxygen atoms in total. The van der Waals surface area contributed by atoms with Crippen LogP contribution in [0.25, 0.3) is 5.65 Å². The Balaban J connectivity index is 1.70. The van der Waals surface area contributed by atoms with Crippen LogP contribution in [0.4, 0.5) is 23.4 Å². The number of carbonyl (C=O) groups is 2. The summed E-state index contributed by atoms with van der Waals surface area (Å²) in [5.74, 6) is -2.62. The van der Waals surface area contributed by atoms with Gasteiger partial charge in [-0.2, -0.15) is 9.61 Å². The number of carbonyl (C=O) groups excluding carboxylic acids is 2. The second-order valence-corrected chi connectivity index (χ2v) is 7.82. The van der Waals surface area contributed by atoms with E-state index in [1.165, 1.54) is 16.0 Å². The number of pyridine rings is 1. The highest BCUT2D eigenvalue weighted by atomic mass is 19.3. The summed E-state index contributed by atoms with van der Waals surface area (Å²) in [6.45, 7) is 0.542. The summed E-state index contributed by atoms with van der Waals surface area (Å²) in [7, 11) is 0. The van der Waals surface area contributed by atoms with Gasteiger partial charge < -0.3 is 19.9 Å². The van der Waals surface area contributed by atoms with E-state index in [4.69, 9.17) is 4.74 Å². The maximum atomic E-state index is 13.4. The lowest BCUT2D eigenvalue weighted by Gasteiger charge is -2.19. The Bertz CT molecular complexity index is 1290. The third-order valence-electron chi connectivity index (χ3n) is 5.39. The van der Waals surface area contributed by atoms with Crippen molar-refractivity contribution < 1.29 is 31.9 Å². The maximum Gasteiger partial charge on any atom is 0.287 e. The van der Waals surface area contributed by atoms with Crippen LogP contribution >= 0.6 is 0 Å². The lowest BCUT2D eigenvalue weighted by molar-refractivity contribution is -0.116. The highest BCUT2D eigenvalue weighted by Crippen LogP contribution is 2.26. The lowest BCUT2D eigenvalue weighted by atomic mass is 9.97. The van der Waals surface area contributed by atoms with Gasteiger partial charge >= 0.3 is 0 Å². The molecule has 0 bridgehead atoms. The molecule has 0 aliphatic carbocycles. The molecule has 1 saturated heterocycles. The molecule has 1 atom stereocenters. The van der Waals surface area contributed by atoms with E-state index in [1.807, 2.05) is 0 Å². The number of anilines is 1. The van der Waals surface area contributed by atoms with Gasteiger partial charge in [-0.1, -0.05) is 0 Å². The molecule has 0 radical (unpaired) electrons. The second kappa shape index (κ2) is 10.2. The molecule has 0 saturated carbocycles. The number of aromatic nitrogens is 4. The molecule has 3 aromatic heterocycles. The first-order valence-corrected chi connectivity index (χ1v) is 10.6. The van der Waals surface area contributed by atoms with Crippen molar-refractivity contribution in [2.24, 2.45) is 0 Å². The first-order chi connectivity index (χ1) is 16.7. The van der Waals surface area contributed by atoms with Crippen LogP contribution < -0.4 is 16.2 Å². The van der Waals surface area contributed by atoms with Gasteiger partial charge in [0.05, 0.1) is 11.9 Å². The van der Waals surface area contributed by atoms with Gasteiger partial charge in [-0.3, -0.25) is 14.4 Å². The SMILES string of the molecule is O=C(Cn1cc(C(=O)NC(F)C(F)F)c(=O)n2nc(C3CCOCC3)cc12)Nc1ccc(F)cn1. The number of halogens is 4. The van der Waals surface area contributed by atoms with Crippen LogP contribution in [-0.2, 0) is 16.1 Å². The number of rotatable bonds is 7. The van der Waals surface area contributed by atoms with Crippen molar-refractivity contribution in [1.82, 2.24) is 24.5 Å². The van der Waals surface area contributed by atoms with E-state index in [0.29, 0.717) is 31.7 Å². The first-order valence-electron chi connectivity index (χ1n) is 10.6. The van der Waals surface area contributed by atoms with Crippen LogP contribution in [0.2, 0.25) is 0 Å². The number of hydrogen-bond acceptors (Lipinski definition) is 6. The third kappa shape index (κ3) is 5.48. The Morgan fingerprint density at radius 3 is 2.60 bits per heavy atom. The quantitative estimate of drug-likeness (QED) is 0.381. The van der Waals surface area contributed by atoms with Crippen molar-refractivity contribution in [3.8, 4) is 0 Å². The van der Waals surface area contributed by atoms with Crippen molar-refractivity contribution in [2.45, 2.75) is 38.0 Å². The Labute approximate surface area is 194 Å². The summed E-state index contributed by atoms with van der Waals surface area (Å²) >= 11 is 0. The molecule has 14 heteroatoms. The fourth-order valence-electron chi connectivity index (χ4n) is 3.66. The molecular weight excluding hydrogens is 476 g/mol. The molecule has 4 heterocycles. The van der Waals surface area contributed by atoms with E-state index >= 15 is 0 Å². The van der Waals surface area contributed by atoms with Crippen molar-refractivity contribution in [3.05, 3.63) is 58.0 Å². The number of alkyl halides is 3. The van der Waals surface area contributed by atoms with Gasteiger partial charge in [0.2, 0.25) is 12.2 Å². The van der Waals surface area contributed by atoms with Crippen molar-refractivity contribution >= 4 is 23.3 Å². The highest BCUT2D eigenvalue weighted by molar-refractivity contribution is 5.94. The van der Waals surface area contributed by atoms with Gasteiger partial charge in [0.25, 0.3) is 17.9 Å². The normalized spacial score (nSPS) is 15.3. The van der Waals surface area contributed by atoms with E-state index in [1.54, 1.807) is 6.07 Å². The zero-order valence-electron chi connectivity index (χ0n) is 18.1. The molecular formula is C21H20F4N6O4. The zero-order chi connectivity index (χ0) is 25.1. The lowest BCUT2D eigenvalue weighted by Crippen LogP contribution is -2.40. The molecule has 3 aromatic rings. The topological polar surface area (TPSA) is 120 Å². The van der Waals surface area contributed by atoms with Crippen LogP contribution in [-0.4, -0.2) is 56.9 Å². The fourth-order valence-corrected chi connectivity index (χ4v) is 3.66. The number of nitrogens with zero attached hydrogens (tertiary/aromatic N) is 4. The fraction of sp³-hybridized carbons (Fsp3) is 0.381. The monoisotopic (exact) mass is 496 g/mol. The summed E-state index contributed by atoms with van der Waals surface area (Å²) < 4.78 is 59.0. The zero-order valence-corrected chi connectivity index (χ0v) is 18.1. The molecule has 1 aliphatic heterocycles. The number of hydrogen-bond donors (Lipinski definition) is 2. The van der Waals surface area contributed by atoms with E-state index in [0.717, 1.165) is 23.0 Å². The van der Waals surface area contributed by atoms with Gasteiger partial charge in [-0.25, -0.2) is 22.5 Å². The average molecular weight is 496 g/mol. The van der Waals surface area contributed by atoms with Gasteiger partial charge in [-0.05, 0) is 25.0 Å². The molecule has 2 N–H and O–H groups in total. The summed E-state index contributed by atoms with van der Waals surface area (Å²) in [4.78, 5) is 41.6. The van der Waals surface area contributed by atoms with Gasteiger partial charge in [-0.15, -0.1) is 0 Å². The number of fused-ring (bicyclic) bond motifs is 1. The van der Waals surface area contributed by atoms with Gasteiger partial charge in [0, 0.05) is 31.4 Å². The summed E-state index contributed by atoms with van der Waals surface area (Å²) in [5.41, 5.74) is -0.974. The van der Waals surface area contributed by atoms with Gasteiger partial charge in [0.15, 0.2) is 0 Å². The van der Waals surface area contributed by atoms with Crippen LogP contribution in [0.15, 0.2) is 35.4 Å². The molecule has 0 spiro atoms.